The van der Waals surface area contributed by atoms with Crippen molar-refractivity contribution >= 4 is 27.3 Å². The van der Waals surface area contributed by atoms with Gasteiger partial charge in [0.2, 0.25) is 0 Å². The topological polar surface area (TPSA) is 32.8 Å². The van der Waals surface area contributed by atoms with Crippen LogP contribution in [0.25, 0.3) is 10.1 Å². The molecule has 2 aliphatic heterocycles. The maximum Gasteiger partial charge on any atom is 0.264 e. The summed E-state index contributed by atoms with van der Waals surface area (Å²) in [6.45, 7) is 5.06. The van der Waals surface area contributed by atoms with Crippen LogP contribution in [0.2, 0.25) is 0 Å². The molecule has 0 bridgehead atoms. The molecular formula is C18H21FN2O2S. The first-order chi connectivity index (χ1) is 11.7. The second-order valence-electron chi connectivity index (χ2n) is 6.49. The zero-order chi connectivity index (χ0) is 16.5. The molecule has 4 rings (SSSR count). The number of benzene rings is 1. The van der Waals surface area contributed by atoms with E-state index in [1.54, 1.807) is 12.1 Å². The molecular weight excluding hydrogens is 327 g/mol. The number of hydrogen-bond acceptors (Lipinski definition) is 4. The van der Waals surface area contributed by atoms with Crippen LogP contribution >= 0.6 is 11.3 Å². The lowest BCUT2D eigenvalue weighted by atomic mass is 10.2. The van der Waals surface area contributed by atoms with Crippen molar-refractivity contribution in [1.82, 2.24) is 9.80 Å². The standard InChI is InChI=1S/C18H21FN2O2S/c19-15-4-1-5-16-14(15)11-17(24-16)18(22)21-8-6-20(7-9-21)12-13-3-2-10-23-13/h1,4-5,11,13H,2-3,6-10,12H2. The maximum atomic E-state index is 13.8. The van der Waals surface area contributed by atoms with E-state index in [4.69, 9.17) is 4.74 Å². The van der Waals surface area contributed by atoms with E-state index in [1.165, 1.54) is 17.4 Å². The van der Waals surface area contributed by atoms with Crippen molar-refractivity contribution in [2.75, 3.05) is 39.3 Å². The van der Waals surface area contributed by atoms with Crippen LogP contribution < -0.4 is 0 Å². The summed E-state index contributed by atoms with van der Waals surface area (Å²) < 4.78 is 20.3. The van der Waals surface area contributed by atoms with Gasteiger partial charge in [0.05, 0.1) is 11.0 Å². The minimum Gasteiger partial charge on any atom is -0.377 e. The molecule has 0 radical (unpaired) electrons. The van der Waals surface area contributed by atoms with E-state index in [9.17, 15) is 9.18 Å². The number of carbonyl (C=O) groups excluding carboxylic acids is 1. The van der Waals surface area contributed by atoms with Crippen molar-refractivity contribution in [1.29, 1.82) is 0 Å². The molecule has 2 fully saturated rings. The zero-order valence-corrected chi connectivity index (χ0v) is 14.4. The van der Waals surface area contributed by atoms with Crippen LogP contribution in [0.1, 0.15) is 22.5 Å². The van der Waals surface area contributed by atoms with E-state index >= 15 is 0 Å². The average Bonchev–Trinajstić information content (AvgIpc) is 3.25. The van der Waals surface area contributed by atoms with Crippen LogP contribution in [0.15, 0.2) is 24.3 Å². The molecule has 3 heterocycles. The third-order valence-electron chi connectivity index (χ3n) is 4.86. The number of fused-ring (bicyclic) bond motifs is 1. The molecule has 1 atom stereocenters. The van der Waals surface area contributed by atoms with Gasteiger partial charge in [-0.3, -0.25) is 9.69 Å². The van der Waals surface area contributed by atoms with Crippen LogP contribution in [0.4, 0.5) is 4.39 Å². The third-order valence-corrected chi connectivity index (χ3v) is 5.95. The van der Waals surface area contributed by atoms with Crippen molar-refractivity contribution in [3.8, 4) is 0 Å². The van der Waals surface area contributed by atoms with E-state index in [2.05, 4.69) is 4.90 Å². The van der Waals surface area contributed by atoms with E-state index in [1.807, 2.05) is 11.0 Å². The lowest BCUT2D eigenvalue weighted by molar-refractivity contribution is 0.0435. The number of amides is 1. The van der Waals surface area contributed by atoms with Crippen molar-refractivity contribution in [3.63, 3.8) is 0 Å². The van der Waals surface area contributed by atoms with E-state index < -0.39 is 0 Å². The van der Waals surface area contributed by atoms with Crippen molar-refractivity contribution in [3.05, 3.63) is 35.0 Å². The SMILES string of the molecule is O=C(c1cc2c(F)cccc2s1)N1CCN(CC2CCCO2)CC1. The molecule has 0 spiro atoms. The first kappa shape index (κ1) is 16.0. The fraction of sp³-hybridized carbons (Fsp3) is 0.500. The molecule has 0 N–H and O–H groups in total. The Balaban J connectivity index is 1.39. The highest BCUT2D eigenvalue weighted by molar-refractivity contribution is 7.20. The van der Waals surface area contributed by atoms with Gasteiger partial charge in [-0.25, -0.2) is 4.39 Å². The van der Waals surface area contributed by atoms with Gasteiger partial charge >= 0.3 is 0 Å². The fourth-order valence-corrected chi connectivity index (χ4v) is 4.54. The largest absolute Gasteiger partial charge is 0.377 e. The number of ether oxygens (including phenoxy) is 1. The Morgan fingerprint density at radius 1 is 1.29 bits per heavy atom. The molecule has 2 aliphatic rings. The molecule has 1 unspecified atom stereocenters. The Morgan fingerprint density at radius 3 is 2.83 bits per heavy atom. The van der Waals surface area contributed by atoms with Gasteiger partial charge < -0.3 is 9.64 Å². The van der Waals surface area contributed by atoms with E-state index in [0.717, 1.165) is 56.9 Å². The zero-order valence-electron chi connectivity index (χ0n) is 13.5. The molecule has 0 aliphatic carbocycles. The van der Waals surface area contributed by atoms with Gasteiger partial charge in [-0.05, 0) is 31.0 Å². The predicted molar refractivity (Wildman–Crippen MR) is 93.1 cm³/mol. The van der Waals surface area contributed by atoms with Crippen LogP contribution in [-0.4, -0.2) is 61.1 Å². The Labute approximate surface area is 144 Å². The minimum atomic E-state index is -0.260. The summed E-state index contributed by atoms with van der Waals surface area (Å²) in [7, 11) is 0. The molecule has 4 nitrogen and oxygen atoms in total. The normalized spacial score (nSPS) is 22.4. The van der Waals surface area contributed by atoms with Crippen molar-refractivity contribution in [2.45, 2.75) is 18.9 Å². The summed E-state index contributed by atoms with van der Waals surface area (Å²) in [4.78, 5) is 17.6. The third kappa shape index (κ3) is 3.18. The number of halogens is 1. The number of rotatable bonds is 3. The number of hydrogen-bond donors (Lipinski definition) is 0. The van der Waals surface area contributed by atoms with E-state index in [0.29, 0.717) is 16.4 Å². The first-order valence-electron chi connectivity index (χ1n) is 8.52. The van der Waals surface area contributed by atoms with Crippen LogP contribution in [0.3, 0.4) is 0 Å². The highest BCUT2D eigenvalue weighted by Gasteiger charge is 2.26. The molecule has 24 heavy (non-hydrogen) atoms. The molecule has 1 aromatic carbocycles. The Bertz CT molecular complexity index is 734. The summed E-state index contributed by atoms with van der Waals surface area (Å²) in [6, 6.07) is 6.68. The quantitative estimate of drug-likeness (QED) is 0.855. The van der Waals surface area contributed by atoms with Crippen LogP contribution in [-0.2, 0) is 4.74 Å². The highest BCUT2D eigenvalue weighted by Crippen LogP contribution is 2.28. The summed E-state index contributed by atoms with van der Waals surface area (Å²) in [6.07, 6.45) is 2.66. The lowest BCUT2D eigenvalue weighted by Crippen LogP contribution is -2.50. The number of carbonyl (C=O) groups is 1. The van der Waals surface area contributed by atoms with Crippen molar-refractivity contribution < 1.29 is 13.9 Å². The summed E-state index contributed by atoms with van der Waals surface area (Å²) >= 11 is 1.38. The van der Waals surface area contributed by atoms with Gasteiger partial charge in [0.15, 0.2) is 0 Å². The summed E-state index contributed by atoms with van der Waals surface area (Å²) in [5.41, 5.74) is 0. The Morgan fingerprint density at radius 2 is 2.12 bits per heavy atom. The fourth-order valence-electron chi connectivity index (χ4n) is 3.50. The van der Waals surface area contributed by atoms with Gasteiger partial charge in [-0.1, -0.05) is 6.07 Å². The summed E-state index contributed by atoms with van der Waals surface area (Å²) in [5.74, 6) is -0.239. The first-order valence-corrected chi connectivity index (χ1v) is 9.33. The number of piperazine rings is 1. The predicted octanol–water partition coefficient (Wildman–Crippen LogP) is 2.98. The molecule has 1 amide bonds. The smallest absolute Gasteiger partial charge is 0.264 e. The molecule has 2 aromatic rings. The monoisotopic (exact) mass is 348 g/mol. The van der Waals surface area contributed by atoms with Gasteiger partial charge in [0.1, 0.15) is 5.82 Å². The maximum absolute atomic E-state index is 13.8. The Kier molecular flexibility index (Phi) is 4.52. The van der Waals surface area contributed by atoms with Gasteiger partial charge in [0, 0.05) is 49.4 Å². The van der Waals surface area contributed by atoms with Crippen LogP contribution in [0.5, 0.6) is 0 Å². The van der Waals surface area contributed by atoms with Crippen molar-refractivity contribution in [2.24, 2.45) is 0 Å². The molecule has 0 saturated carbocycles. The second kappa shape index (κ2) is 6.78. The highest BCUT2D eigenvalue weighted by atomic mass is 32.1. The molecule has 2 saturated heterocycles. The van der Waals surface area contributed by atoms with Crippen LogP contribution in [0, 0.1) is 5.82 Å². The van der Waals surface area contributed by atoms with E-state index in [-0.39, 0.29) is 11.7 Å². The molecule has 6 heteroatoms. The molecule has 128 valence electrons. The average molecular weight is 348 g/mol. The number of thiophene rings is 1. The second-order valence-corrected chi connectivity index (χ2v) is 7.57. The van der Waals surface area contributed by atoms with Gasteiger partial charge in [0.25, 0.3) is 5.91 Å². The number of nitrogens with zero attached hydrogens (tertiary/aromatic N) is 2. The molecule has 1 aromatic heterocycles. The van der Waals surface area contributed by atoms with Gasteiger partial charge in [-0.15, -0.1) is 11.3 Å². The summed E-state index contributed by atoms with van der Waals surface area (Å²) in [5, 5.41) is 0.544. The van der Waals surface area contributed by atoms with Gasteiger partial charge in [-0.2, -0.15) is 0 Å². The lowest BCUT2D eigenvalue weighted by Gasteiger charge is -2.35. The minimum absolute atomic E-state index is 0.0207. The Hall–Kier alpha value is -1.50.